The summed E-state index contributed by atoms with van der Waals surface area (Å²) in [4.78, 5) is 14.8. The van der Waals surface area contributed by atoms with Crippen molar-refractivity contribution in [2.24, 2.45) is 5.73 Å². The predicted octanol–water partition coefficient (Wildman–Crippen LogP) is 1.73. The summed E-state index contributed by atoms with van der Waals surface area (Å²) < 4.78 is 5.27. The summed E-state index contributed by atoms with van der Waals surface area (Å²) in [5.41, 5.74) is 7.17. The number of anilines is 2. The van der Waals surface area contributed by atoms with Gasteiger partial charge in [-0.2, -0.15) is 0 Å². The second-order valence-electron chi connectivity index (χ2n) is 5.98. The van der Waals surface area contributed by atoms with Crippen molar-refractivity contribution in [3.05, 3.63) is 24.3 Å². The van der Waals surface area contributed by atoms with Gasteiger partial charge in [0, 0.05) is 19.7 Å². The molecule has 0 radical (unpaired) electrons. The highest BCUT2D eigenvalue weighted by molar-refractivity contribution is 6.00. The fraction of sp³-hybridized carbons (Fsp3) is 0.562. The number of benzene rings is 1. The number of nitrogens with zero attached hydrogens (tertiary/aromatic N) is 1. The Bertz CT molecular complexity index is 506. The van der Waals surface area contributed by atoms with Crippen LogP contribution in [0.3, 0.4) is 0 Å². The van der Waals surface area contributed by atoms with Gasteiger partial charge in [0.2, 0.25) is 5.91 Å². The van der Waals surface area contributed by atoms with Crippen molar-refractivity contribution >= 4 is 17.3 Å². The van der Waals surface area contributed by atoms with Crippen molar-refractivity contribution in [3.63, 3.8) is 0 Å². The van der Waals surface area contributed by atoms with Crippen LogP contribution in [0.2, 0.25) is 0 Å². The van der Waals surface area contributed by atoms with Crippen LogP contribution in [0.25, 0.3) is 0 Å². The van der Waals surface area contributed by atoms with Crippen LogP contribution in [0.15, 0.2) is 24.3 Å². The van der Waals surface area contributed by atoms with Gasteiger partial charge in [0.1, 0.15) is 5.54 Å². The van der Waals surface area contributed by atoms with E-state index in [1.165, 1.54) is 19.3 Å². The van der Waals surface area contributed by atoms with Crippen molar-refractivity contribution in [3.8, 4) is 0 Å². The lowest BCUT2D eigenvalue weighted by Crippen LogP contribution is -2.51. The lowest BCUT2D eigenvalue weighted by atomic mass is 9.99. The van der Waals surface area contributed by atoms with E-state index >= 15 is 0 Å². The molecule has 0 spiro atoms. The van der Waals surface area contributed by atoms with E-state index in [0.717, 1.165) is 24.5 Å². The van der Waals surface area contributed by atoms with E-state index in [0.29, 0.717) is 19.6 Å². The van der Waals surface area contributed by atoms with Crippen molar-refractivity contribution in [2.45, 2.75) is 31.2 Å². The Balaban J connectivity index is 1.77. The van der Waals surface area contributed by atoms with E-state index in [9.17, 15) is 4.79 Å². The molecular weight excluding hydrogens is 266 g/mol. The summed E-state index contributed by atoms with van der Waals surface area (Å²) in [6.07, 6.45) is 4.27. The molecule has 1 aromatic rings. The Morgan fingerprint density at radius 1 is 1.24 bits per heavy atom. The van der Waals surface area contributed by atoms with Gasteiger partial charge >= 0.3 is 0 Å². The molecule has 114 valence electrons. The molecule has 1 unspecified atom stereocenters. The molecule has 2 fully saturated rings. The quantitative estimate of drug-likeness (QED) is 0.889. The molecule has 2 saturated heterocycles. The van der Waals surface area contributed by atoms with E-state index in [1.807, 2.05) is 18.2 Å². The molecular formula is C16H23N3O2. The first kappa shape index (κ1) is 14.4. The van der Waals surface area contributed by atoms with Crippen LogP contribution in [-0.4, -0.2) is 37.7 Å². The summed E-state index contributed by atoms with van der Waals surface area (Å²) in [6.45, 7) is 2.94. The van der Waals surface area contributed by atoms with Gasteiger partial charge in [0.15, 0.2) is 0 Å². The topological polar surface area (TPSA) is 67.6 Å². The lowest BCUT2D eigenvalue weighted by molar-refractivity contribution is -0.121. The van der Waals surface area contributed by atoms with Crippen molar-refractivity contribution in [1.82, 2.24) is 0 Å². The maximum Gasteiger partial charge on any atom is 0.247 e. The maximum atomic E-state index is 12.4. The Morgan fingerprint density at radius 2 is 2.00 bits per heavy atom. The molecule has 3 rings (SSSR count). The van der Waals surface area contributed by atoms with Crippen LogP contribution in [0.4, 0.5) is 11.4 Å². The predicted molar refractivity (Wildman–Crippen MR) is 83.5 cm³/mol. The van der Waals surface area contributed by atoms with Crippen molar-refractivity contribution in [2.75, 3.05) is 36.5 Å². The van der Waals surface area contributed by atoms with Crippen molar-refractivity contribution < 1.29 is 9.53 Å². The summed E-state index contributed by atoms with van der Waals surface area (Å²) >= 11 is 0. The molecule has 0 saturated carbocycles. The highest BCUT2D eigenvalue weighted by Gasteiger charge is 2.38. The van der Waals surface area contributed by atoms with Gasteiger partial charge in [-0.15, -0.1) is 0 Å². The summed E-state index contributed by atoms with van der Waals surface area (Å²) in [6, 6.07) is 7.96. The fourth-order valence-electron chi connectivity index (χ4n) is 3.00. The average Bonchev–Trinajstić information content (AvgIpc) is 2.97. The first-order valence-electron chi connectivity index (χ1n) is 7.71. The number of ether oxygens (including phenoxy) is 1. The molecule has 3 N–H and O–H groups in total. The minimum Gasteiger partial charge on any atom is -0.379 e. The molecule has 1 atom stereocenters. The Hall–Kier alpha value is -1.59. The molecule has 5 nitrogen and oxygen atoms in total. The molecule has 2 aliphatic rings. The molecule has 1 amide bonds. The molecule has 0 aromatic heterocycles. The Labute approximate surface area is 125 Å². The molecule has 2 heterocycles. The third-order valence-electron chi connectivity index (χ3n) is 4.35. The van der Waals surface area contributed by atoms with Crippen LogP contribution < -0.4 is 16.0 Å². The number of hydrogen-bond acceptors (Lipinski definition) is 4. The van der Waals surface area contributed by atoms with Crippen molar-refractivity contribution in [1.29, 1.82) is 0 Å². The summed E-state index contributed by atoms with van der Waals surface area (Å²) in [7, 11) is 0. The molecule has 2 aliphatic heterocycles. The maximum absolute atomic E-state index is 12.4. The summed E-state index contributed by atoms with van der Waals surface area (Å²) in [5, 5.41) is 3.00. The fourth-order valence-corrected chi connectivity index (χ4v) is 3.00. The number of nitrogens with one attached hydrogen (secondary N) is 1. The monoisotopic (exact) mass is 289 g/mol. The van der Waals surface area contributed by atoms with Gasteiger partial charge in [-0.05, 0) is 37.8 Å². The van der Waals surface area contributed by atoms with Gasteiger partial charge in [0.05, 0.1) is 18.0 Å². The standard InChI is InChI=1S/C16H23N3O2/c17-16(8-11-21-12-16)15(20)18-13-6-2-3-7-14(13)19-9-4-1-5-10-19/h2-3,6-7H,1,4-5,8-12,17H2,(H,18,20). The minimum absolute atomic E-state index is 0.149. The van der Waals surface area contributed by atoms with E-state index in [-0.39, 0.29) is 5.91 Å². The van der Waals surface area contributed by atoms with E-state index in [1.54, 1.807) is 0 Å². The minimum atomic E-state index is -0.894. The van der Waals surface area contributed by atoms with Crippen LogP contribution in [0.1, 0.15) is 25.7 Å². The third kappa shape index (κ3) is 3.04. The van der Waals surface area contributed by atoms with Crippen LogP contribution >= 0.6 is 0 Å². The number of piperidine rings is 1. The smallest absolute Gasteiger partial charge is 0.247 e. The summed E-state index contributed by atoms with van der Waals surface area (Å²) in [5.74, 6) is -0.149. The zero-order valence-corrected chi connectivity index (χ0v) is 12.3. The Kier molecular flexibility index (Phi) is 4.12. The van der Waals surface area contributed by atoms with Crippen LogP contribution in [0.5, 0.6) is 0 Å². The van der Waals surface area contributed by atoms with Crippen LogP contribution in [0, 0.1) is 0 Å². The van der Waals surface area contributed by atoms with Gasteiger partial charge in [-0.3, -0.25) is 4.79 Å². The highest BCUT2D eigenvalue weighted by Crippen LogP contribution is 2.29. The third-order valence-corrected chi connectivity index (χ3v) is 4.35. The molecule has 1 aromatic carbocycles. The van der Waals surface area contributed by atoms with E-state index in [4.69, 9.17) is 10.5 Å². The lowest BCUT2D eigenvalue weighted by Gasteiger charge is -2.31. The number of carbonyl (C=O) groups excluding carboxylic acids is 1. The highest BCUT2D eigenvalue weighted by atomic mass is 16.5. The van der Waals surface area contributed by atoms with Gasteiger partial charge < -0.3 is 20.7 Å². The number of amides is 1. The average molecular weight is 289 g/mol. The zero-order valence-electron chi connectivity index (χ0n) is 12.3. The Morgan fingerprint density at radius 3 is 2.71 bits per heavy atom. The second-order valence-corrected chi connectivity index (χ2v) is 5.98. The molecule has 21 heavy (non-hydrogen) atoms. The normalized spacial score (nSPS) is 25.9. The number of rotatable bonds is 3. The van der Waals surface area contributed by atoms with Gasteiger partial charge in [-0.1, -0.05) is 12.1 Å². The molecule has 0 aliphatic carbocycles. The van der Waals surface area contributed by atoms with Gasteiger partial charge in [-0.25, -0.2) is 0 Å². The molecule has 0 bridgehead atoms. The van der Waals surface area contributed by atoms with E-state index < -0.39 is 5.54 Å². The second kappa shape index (κ2) is 6.03. The van der Waals surface area contributed by atoms with E-state index in [2.05, 4.69) is 16.3 Å². The number of carbonyl (C=O) groups is 1. The molecule has 5 heteroatoms. The largest absolute Gasteiger partial charge is 0.379 e. The number of para-hydroxylation sites is 2. The zero-order chi connectivity index (χ0) is 14.7. The van der Waals surface area contributed by atoms with Crippen LogP contribution in [-0.2, 0) is 9.53 Å². The number of hydrogen-bond donors (Lipinski definition) is 2. The SMILES string of the molecule is NC1(C(=O)Nc2ccccc2N2CCCCC2)CCOC1. The first-order valence-corrected chi connectivity index (χ1v) is 7.71. The van der Waals surface area contributed by atoms with Gasteiger partial charge in [0.25, 0.3) is 0 Å². The first-order chi connectivity index (χ1) is 10.2. The number of nitrogens with two attached hydrogens (primary N) is 1.